The van der Waals surface area contributed by atoms with Gasteiger partial charge in [-0.2, -0.15) is 0 Å². The molecule has 2 nitrogen and oxygen atoms in total. The third-order valence-corrected chi connectivity index (χ3v) is 3.00. The lowest BCUT2D eigenvalue weighted by atomic mass is 10.0. The van der Waals surface area contributed by atoms with Crippen molar-refractivity contribution in [2.75, 3.05) is 19.6 Å². The Bertz CT molecular complexity index is 128. The van der Waals surface area contributed by atoms with Crippen LogP contribution in [0.4, 0.5) is 0 Å². The van der Waals surface area contributed by atoms with Crippen LogP contribution in [0.2, 0.25) is 0 Å². The SMILES string of the molecule is CCC(O)CN1CC(C)C(C)C1. The van der Waals surface area contributed by atoms with Crippen LogP contribution >= 0.6 is 0 Å². The lowest BCUT2D eigenvalue weighted by molar-refractivity contribution is 0.119. The highest BCUT2D eigenvalue weighted by Crippen LogP contribution is 2.22. The van der Waals surface area contributed by atoms with Gasteiger partial charge in [0.05, 0.1) is 6.10 Å². The Morgan fingerprint density at radius 1 is 1.33 bits per heavy atom. The van der Waals surface area contributed by atoms with Crippen LogP contribution in [0, 0.1) is 11.8 Å². The fourth-order valence-corrected chi connectivity index (χ4v) is 1.83. The predicted octanol–water partition coefficient (Wildman–Crippen LogP) is 1.35. The largest absolute Gasteiger partial charge is 0.392 e. The zero-order valence-electron chi connectivity index (χ0n) is 8.45. The Kier molecular flexibility index (Phi) is 3.53. The first-order chi connectivity index (χ1) is 5.63. The Morgan fingerprint density at radius 3 is 2.25 bits per heavy atom. The van der Waals surface area contributed by atoms with Gasteiger partial charge in [-0.25, -0.2) is 0 Å². The van der Waals surface area contributed by atoms with Crippen molar-refractivity contribution >= 4 is 0 Å². The van der Waals surface area contributed by atoms with E-state index in [4.69, 9.17) is 0 Å². The van der Waals surface area contributed by atoms with Crippen molar-refractivity contribution in [3.05, 3.63) is 0 Å². The molecule has 0 aromatic heterocycles. The second kappa shape index (κ2) is 4.24. The van der Waals surface area contributed by atoms with Crippen LogP contribution in [-0.2, 0) is 0 Å². The van der Waals surface area contributed by atoms with Crippen LogP contribution in [0.15, 0.2) is 0 Å². The summed E-state index contributed by atoms with van der Waals surface area (Å²) < 4.78 is 0. The van der Waals surface area contributed by atoms with E-state index in [2.05, 4.69) is 18.7 Å². The Hall–Kier alpha value is -0.0800. The van der Waals surface area contributed by atoms with Crippen molar-refractivity contribution in [2.24, 2.45) is 11.8 Å². The molecule has 1 fully saturated rings. The van der Waals surface area contributed by atoms with E-state index >= 15 is 0 Å². The molecule has 2 heteroatoms. The number of hydrogen-bond donors (Lipinski definition) is 1. The first-order valence-corrected chi connectivity index (χ1v) is 5.04. The minimum absolute atomic E-state index is 0.123. The van der Waals surface area contributed by atoms with E-state index in [9.17, 15) is 5.11 Å². The van der Waals surface area contributed by atoms with Crippen LogP contribution in [0.1, 0.15) is 27.2 Å². The maximum atomic E-state index is 9.45. The van der Waals surface area contributed by atoms with Crippen molar-refractivity contribution in [1.82, 2.24) is 4.90 Å². The molecule has 1 N–H and O–H groups in total. The molecule has 1 saturated heterocycles. The number of nitrogens with zero attached hydrogens (tertiary/aromatic N) is 1. The molecule has 0 bridgehead atoms. The highest BCUT2D eigenvalue weighted by Gasteiger charge is 2.26. The summed E-state index contributed by atoms with van der Waals surface area (Å²) in [5.74, 6) is 1.60. The Morgan fingerprint density at radius 2 is 1.83 bits per heavy atom. The van der Waals surface area contributed by atoms with Crippen LogP contribution in [-0.4, -0.2) is 35.7 Å². The molecule has 0 radical (unpaired) electrons. The van der Waals surface area contributed by atoms with E-state index in [1.165, 1.54) is 0 Å². The highest BCUT2D eigenvalue weighted by molar-refractivity contribution is 4.79. The summed E-state index contributed by atoms with van der Waals surface area (Å²) in [6.45, 7) is 9.82. The number of rotatable bonds is 3. The van der Waals surface area contributed by atoms with Crippen molar-refractivity contribution in [3.8, 4) is 0 Å². The molecular formula is C10H21NO. The Balaban J connectivity index is 2.27. The van der Waals surface area contributed by atoms with Gasteiger partial charge in [0, 0.05) is 19.6 Å². The molecular weight excluding hydrogens is 150 g/mol. The van der Waals surface area contributed by atoms with Gasteiger partial charge in [0.25, 0.3) is 0 Å². The monoisotopic (exact) mass is 171 g/mol. The standard InChI is InChI=1S/C10H21NO/c1-4-10(12)7-11-5-8(2)9(3)6-11/h8-10,12H,4-7H2,1-3H3. The number of aliphatic hydroxyl groups is 1. The smallest absolute Gasteiger partial charge is 0.0664 e. The van der Waals surface area contributed by atoms with Gasteiger partial charge in [-0.05, 0) is 18.3 Å². The maximum Gasteiger partial charge on any atom is 0.0664 e. The van der Waals surface area contributed by atoms with Crippen LogP contribution < -0.4 is 0 Å². The average molecular weight is 171 g/mol. The summed E-state index contributed by atoms with van der Waals surface area (Å²) in [6, 6.07) is 0. The number of hydrogen-bond acceptors (Lipinski definition) is 2. The van der Waals surface area contributed by atoms with Gasteiger partial charge in [-0.1, -0.05) is 20.8 Å². The van der Waals surface area contributed by atoms with Gasteiger partial charge >= 0.3 is 0 Å². The fraction of sp³-hybridized carbons (Fsp3) is 1.00. The summed E-state index contributed by atoms with van der Waals surface area (Å²) in [6.07, 6.45) is 0.752. The first kappa shape index (κ1) is 10.0. The lowest BCUT2D eigenvalue weighted by Gasteiger charge is -2.18. The van der Waals surface area contributed by atoms with Crippen LogP contribution in [0.3, 0.4) is 0 Å². The molecule has 0 saturated carbocycles. The summed E-state index contributed by atoms with van der Waals surface area (Å²) in [5, 5.41) is 9.45. The van der Waals surface area contributed by atoms with E-state index in [-0.39, 0.29) is 6.10 Å². The van der Waals surface area contributed by atoms with Gasteiger partial charge in [-0.3, -0.25) is 0 Å². The molecule has 1 heterocycles. The summed E-state index contributed by atoms with van der Waals surface area (Å²) in [5.41, 5.74) is 0. The normalized spacial score (nSPS) is 34.0. The quantitative estimate of drug-likeness (QED) is 0.693. The zero-order chi connectivity index (χ0) is 9.14. The number of β-amino-alcohol motifs (C(OH)–C–C–N with tert-alkyl or cyclic N) is 1. The minimum Gasteiger partial charge on any atom is -0.392 e. The predicted molar refractivity (Wildman–Crippen MR) is 51.1 cm³/mol. The van der Waals surface area contributed by atoms with Crippen LogP contribution in [0.5, 0.6) is 0 Å². The molecule has 72 valence electrons. The van der Waals surface area contributed by atoms with E-state index in [1.807, 2.05) is 6.92 Å². The molecule has 0 aliphatic carbocycles. The fourth-order valence-electron chi connectivity index (χ4n) is 1.83. The van der Waals surface area contributed by atoms with E-state index < -0.39 is 0 Å². The Labute approximate surface area is 75.6 Å². The van der Waals surface area contributed by atoms with Crippen molar-refractivity contribution in [3.63, 3.8) is 0 Å². The second-order valence-electron chi connectivity index (χ2n) is 4.24. The van der Waals surface area contributed by atoms with E-state index in [1.54, 1.807) is 0 Å². The molecule has 12 heavy (non-hydrogen) atoms. The van der Waals surface area contributed by atoms with Crippen molar-refractivity contribution in [2.45, 2.75) is 33.3 Å². The summed E-state index contributed by atoms with van der Waals surface area (Å²) in [4.78, 5) is 2.38. The molecule has 3 atom stereocenters. The number of aliphatic hydroxyl groups excluding tert-OH is 1. The molecule has 1 aliphatic heterocycles. The molecule has 0 spiro atoms. The highest BCUT2D eigenvalue weighted by atomic mass is 16.3. The molecule has 0 aromatic carbocycles. The van der Waals surface area contributed by atoms with Crippen molar-refractivity contribution in [1.29, 1.82) is 0 Å². The zero-order valence-corrected chi connectivity index (χ0v) is 8.45. The second-order valence-corrected chi connectivity index (χ2v) is 4.24. The molecule has 1 rings (SSSR count). The summed E-state index contributed by atoms with van der Waals surface area (Å²) in [7, 11) is 0. The topological polar surface area (TPSA) is 23.5 Å². The third-order valence-electron chi connectivity index (χ3n) is 3.00. The molecule has 3 unspecified atom stereocenters. The molecule has 0 aromatic rings. The van der Waals surface area contributed by atoms with Gasteiger partial charge in [0.2, 0.25) is 0 Å². The average Bonchev–Trinajstić information content (AvgIpc) is 2.31. The molecule has 1 aliphatic rings. The van der Waals surface area contributed by atoms with Gasteiger partial charge in [-0.15, -0.1) is 0 Å². The minimum atomic E-state index is -0.123. The summed E-state index contributed by atoms with van der Waals surface area (Å²) >= 11 is 0. The third kappa shape index (κ3) is 2.46. The molecule has 0 amide bonds. The van der Waals surface area contributed by atoms with Gasteiger partial charge in [0.1, 0.15) is 0 Å². The van der Waals surface area contributed by atoms with Crippen molar-refractivity contribution < 1.29 is 5.11 Å². The first-order valence-electron chi connectivity index (χ1n) is 5.04. The van der Waals surface area contributed by atoms with E-state index in [0.717, 1.165) is 37.9 Å². The number of likely N-dealkylation sites (tertiary alicyclic amines) is 1. The maximum absolute atomic E-state index is 9.45. The van der Waals surface area contributed by atoms with Gasteiger partial charge in [0.15, 0.2) is 0 Å². The lowest BCUT2D eigenvalue weighted by Crippen LogP contribution is -2.30. The van der Waals surface area contributed by atoms with Crippen LogP contribution in [0.25, 0.3) is 0 Å². The van der Waals surface area contributed by atoms with Gasteiger partial charge < -0.3 is 10.0 Å². The van der Waals surface area contributed by atoms with E-state index in [0.29, 0.717) is 0 Å².